The van der Waals surface area contributed by atoms with E-state index in [-0.39, 0.29) is 4.90 Å². The van der Waals surface area contributed by atoms with Gasteiger partial charge in [0.2, 0.25) is 0 Å². The van der Waals surface area contributed by atoms with Crippen LogP contribution < -0.4 is 4.74 Å². The first-order valence-electron chi connectivity index (χ1n) is 7.87. The lowest BCUT2D eigenvalue weighted by atomic mass is 9.92. The molecule has 1 aromatic carbocycles. The summed E-state index contributed by atoms with van der Waals surface area (Å²) in [6, 6.07) is 3.74. The van der Waals surface area contributed by atoms with Crippen LogP contribution in [0.2, 0.25) is 0 Å². The zero-order chi connectivity index (χ0) is 17.7. The van der Waals surface area contributed by atoms with Gasteiger partial charge in [-0.1, -0.05) is 0 Å². The quantitative estimate of drug-likeness (QED) is 0.790. The lowest BCUT2D eigenvalue weighted by Gasteiger charge is -2.29. The molecule has 0 aliphatic carbocycles. The summed E-state index contributed by atoms with van der Waals surface area (Å²) in [6.45, 7) is 1.55. The molecule has 1 amide bonds. The second-order valence-corrected chi connectivity index (χ2v) is 8.05. The second-order valence-electron chi connectivity index (χ2n) is 6.07. The molecule has 6 nitrogen and oxygen atoms in total. The maximum atomic E-state index is 13.7. The molecule has 1 aliphatic rings. The van der Waals surface area contributed by atoms with Crippen LogP contribution in [0.15, 0.2) is 23.1 Å². The summed E-state index contributed by atoms with van der Waals surface area (Å²) in [5, 5.41) is 8.89. The summed E-state index contributed by atoms with van der Waals surface area (Å²) in [6.07, 6.45) is 3.51. The molecular formula is C16H22FNO5S. The molecule has 0 unspecified atom stereocenters. The summed E-state index contributed by atoms with van der Waals surface area (Å²) >= 11 is 0. The molecule has 1 N–H and O–H groups in total. The maximum Gasteiger partial charge on any atom is 0.407 e. The predicted molar refractivity (Wildman–Crippen MR) is 86.6 cm³/mol. The SMILES string of the molecule is CS(=O)(=O)c1ccc(OCCCC2CCN(C(=O)O)CC2)cc1F. The number of amides is 1. The molecule has 1 heterocycles. The molecule has 8 heteroatoms. The van der Waals surface area contributed by atoms with Gasteiger partial charge in [0.25, 0.3) is 0 Å². The van der Waals surface area contributed by atoms with Crippen molar-refractivity contribution in [3.8, 4) is 5.75 Å². The van der Waals surface area contributed by atoms with Gasteiger partial charge in [-0.05, 0) is 43.7 Å². The van der Waals surface area contributed by atoms with Gasteiger partial charge in [-0.3, -0.25) is 0 Å². The number of halogens is 1. The van der Waals surface area contributed by atoms with Gasteiger partial charge >= 0.3 is 6.09 Å². The zero-order valence-corrected chi connectivity index (χ0v) is 14.4. The highest BCUT2D eigenvalue weighted by atomic mass is 32.2. The smallest absolute Gasteiger partial charge is 0.407 e. The van der Waals surface area contributed by atoms with Crippen molar-refractivity contribution in [2.75, 3.05) is 26.0 Å². The molecule has 24 heavy (non-hydrogen) atoms. The van der Waals surface area contributed by atoms with E-state index in [9.17, 15) is 17.6 Å². The molecule has 1 saturated heterocycles. The van der Waals surface area contributed by atoms with Gasteiger partial charge in [-0.25, -0.2) is 17.6 Å². The minimum atomic E-state index is -3.58. The van der Waals surface area contributed by atoms with Crippen molar-refractivity contribution >= 4 is 15.9 Å². The zero-order valence-electron chi connectivity index (χ0n) is 13.6. The molecule has 0 spiro atoms. The first-order valence-corrected chi connectivity index (χ1v) is 9.77. The number of hydrogen-bond donors (Lipinski definition) is 1. The third kappa shape index (κ3) is 5.09. The lowest BCUT2D eigenvalue weighted by Crippen LogP contribution is -2.37. The third-order valence-electron chi connectivity index (χ3n) is 4.21. The number of hydrogen-bond acceptors (Lipinski definition) is 4. The Morgan fingerprint density at radius 1 is 1.38 bits per heavy atom. The number of sulfone groups is 1. The standard InChI is InChI=1S/C16H22FNO5S/c1-24(21,22)15-5-4-13(11-14(15)17)23-10-2-3-12-6-8-18(9-7-12)16(19)20/h4-5,11-12H,2-3,6-10H2,1H3,(H,19,20). The molecule has 0 aromatic heterocycles. The van der Waals surface area contributed by atoms with Crippen LogP contribution in [0.5, 0.6) is 5.75 Å². The van der Waals surface area contributed by atoms with E-state index in [0.29, 0.717) is 31.4 Å². The minimum Gasteiger partial charge on any atom is -0.493 e. The van der Waals surface area contributed by atoms with Crippen molar-refractivity contribution in [1.82, 2.24) is 4.90 Å². The molecule has 134 valence electrons. The highest BCUT2D eigenvalue weighted by Gasteiger charge is 2.21. The van der Waals surface area contributed by atoms with Crippen molar-refractivity contribution in [2.45, 2.75) is 30.6 Å². The largest absolute Gasteiger partial charge is 0.493 e. The van der Waals surface area contributed by atoms with Gasteiger partial charge in [-0.2, -0.15) is 0 Å². The molecule has 1 aromatic rings. The summed E-state index contributed by atoms with van der Waals surface area (Å²) in [5.74, 6) is -0.0230. The van der Waals surface area contributed by atoms with E-state index in [1.807, 2.05) is 0 Å². The predicted octanol–water partition coefficient (Wildman–Crippen LogP) is 2.78. The van der Waals surface area contributed by atoms with E-state index in [2.05, 4.69) is 0 Å². The van der Waals surface area contributed by atoms with Crippen LogP contribution in [-0.2, 0) is 9.84 Å². The van der Waals surface area contributed by atoms with Crippen molar-refractivity contribution in [2.24, 2.45) is 5.92 Å². The Morgan fingerprint density at radius 3 is 2.58 bits per heavy atom. The molecule has 0 saturated carbocycles. The first-order chi connectivity index (χ1) is 11.3. The van der Waals surface area contributed by atoms with Gasteiger partial charge < -0.3 is 14.7 Å². The summed E-state index contributed by atoms with van der Waals surface area (Å²) in [7, 11) is -3.58. The van der Waals surface area contributed by atoms with E-state index in [1.165, 1.54) is 17.0 Å². The molecule has 1 fully saturated rings. The van der Waals surface area contributed by atoms with Crippen molar-refractivity contribution in [1.29, 1.82) is 0 Å². The maximum absolute atomic E-state index is 13.7. The highest BCUT2D eigenvalue weighted by molar-refractivity contribution is 7.90. The summed E-state index contributed by atoms with van der Waals surface area (Å²) in [4.78, 5) is 11.9. The fraction of sp³-hybridized carbons (Fsp3) is 0.562. The van der Waals surface area contributed by atoms with Crippen LogP contribution in [0.25, 0.3) is 0 Å². The van der Waals surface area contributed by atoms with Crippen LogP contribution in [0.3, 0.4) is 0 Å². The number of piperidine rings is 1. The van der Waals surface area contributed by atoms with Crippen molar-refractivity contribution in [3.05, 3.63) is 24.0 Å². The molecule has 0 atom stereocenters. The van der Waals surface area contributed by atoms with Crippen molar-refractivity contribution < 1.29 is 27.4 Å². The molecule has 0 bridgehead atoms. The van der Waals surface area contributed by atoms with Gasteiger partial charge in [0.15, 0.2) is 9.84 Å². The van der Waals surface area contributed by atoms with Crippen LogP contribution in [0.4, 0.5) is 9.18 Å². The molecule has 0 radical (unpaired) electrons. The van der Waals surface area contributed by atoms with Crippen LogP contribution in [0.1, 0.15) is 25.7 Å². The average molecular weight is 359 g/mol. The fourth-order valence-electron chi connectivity index (χ4n) is 2.85. The van der Waals surface area contributed by atoms with Gasteiger partial charge in [0, 0.05) is 25.4 Å². The Morgan fingerprint density at radius 2 is 2.04 bits per heavy atom. The topological polar surface area (TPSA) is 83.9 Å². The lowest BCUT2D eigenvalue weighted by molar-refractivity contribution is 0.121. The number of carbonyl (C=O) groups is 1. The number of ether oxygens (including phenoxy) is 1. The Kier molecular flexibility index (Phi) is 6.04. The Labute approximate surface area is 141 Å². The number of benzene rings is 1. The molecular weight excluding hydrogens is 337 g/mol. The van der Waals surface area contributed by atoms with Crippen LogP contribution >= 0.6 is 0 Å². The van der Waals surface area contributed by atoms with Crippen molar-refractivity contribution in [3.63, 3.8) is 0 Å². The van der Waals surface area contributed by atoms with Crippen LogP contribution in [0, 0.1) is 11.7 Å². The number of nitrogens with zero attached hydrogens (tertiary/aromatic N) is 1. The van der Waals surface area contributed by atoms with Gasteiger partial charge in [0.05, 0.1) is 6.61 Å². The van der Waals surface area contributed by atoms with E-state index in [4.69, 9.17) is 9.84 Å². The van der Waals surface area contributed by atoms with E-state index in [0.717, 1.165) is 38.0 Å². The van der Waals surface area contributed by atoms with Crippen LogP contribution in [-0.4, -0.2) is 50.5 Å². The second kappa shape index (κ2) is 7.83. The summed E-state index contributed by atoms with van der Waals surface area (Å²) < 4.78 is 41.9. The average Bonchev–Trinajstić information content (AvgIpc) is 2.51. The molecule has 2 rings (SSSR count). The minimum absolute atomic E-state index is 0.306. The first kappa shape index (κ1) is 18.5. The number of likely N-dealkylation sites (tertiary alicyclic amines) is 1. The third-order valence-corrected chi connectivity index (χ3v) is 5.34. The fourth-order valence-corrected chi connectivity index (χ4v) is 3.58. The van der Waals surface area contributed by atoms with Gasteiger partial charge in [-0.15, -0.1) is 0 Å². The Balaban J connectivity index is 1.73. The van der Waals surface area contributed by atoms with E-state index >= 15 is 0 Å². The van der Waals surface area contributed by atoms with Gasteiger partial charge in [0.1, 0.15) is 16.5 Å². The van der Waals surface area contributed by atoms with E-state index in [1.54, 1.807) is 0 Å². The Hall–Kier alpha value is -1.83. The van der Waals surface area contributed by atoms with E-state index < -0.39 is 21.7 Å². The molecule has 1 aliphatic heterocycles. The normalized spacial score (nSPS) is 16.2. The summed E-state index contributed by atoms with van der Waals surface area (Å²) in [5.41, 5.74) is 0. The number of carboxylic acid groups (broad SMARTS) is 1. The monoisotopic (exact) mass is 359 g/mol. The highest BCUT2D eigenvalue weighted by Crippen LogP contribution is 2.23. The Bertz CT molecular complexity index is 684. The number of rotatable bonds is 6.